The van der Waals surface area contributed by atoms with Gasteiger partial charge in [0.25, 0.3) is 0 Å². The van der Waals surface area contributed by atoms with Gasteiger partial charge >= 0.3 is 0 Å². The third-order valence-corrected chi connectivity index (χ3v) is 16.4. The fourth-order valence-electron chi connectivity index (χ4n) is 8.36. The highest BCUT2D eigenvalue weighted by molar-refractivity contribution is 7.17. The van der Waals surface area contributed by atoms with E-state index in [9.17, 15) is 0 Å². The largest absolute Gasteiger partial charge is 0.133 e. The standard InChI is InChI=1S/3C19H21P3.9C2H6/c20-10-13-1-2-17-9-18(4-3-16(17)6-13)19-7-14(11-21)5-15(8-19)12-22;2*20-10-13-1-2-15-8-16(4-3-14(15)7-13)17-5-6-18(11-21)19(9-17)12-22;9*1-2/h3*1-9H,10-12,20-22H2;9*1-2H3. The maximum atomic E-state index is 2.84. The smallest absolute Gasteiger partial charge is 0.0125 e. The third kappa shape index (κ3) is 28.4. The molecule has 0 radical (unpaired) electrons. The van der Waals surface area contributed by atoms with Gasteiger partial charge in [0.1, 0.15) is 0 Å². The van der Waals surface area contributed by atoms with Crippen molar-refractivity contribution >= 4 is 115 Å². The van der Waals surface area contributed by atoms with Gasteiger partial charge in [0.15, 0.2) is 0 Å². The van der Waals surface area contributed by atoms with Gasteiger partial charge in [-0.05, 0) is 189 Å². The molecule has 0 spiro atoms. The Bertz CT molecular complexity index is 2930. The predicted molar refractivity (Wildman–Crippen MR) is 431 cm³/mol. The fourth-order valence-corrected chi connectivity index (χ4v) is 11.1. The van der Waals surface area contributed by atoms with Crippen molar-refractivity contribution in [3.8, 4) is 33.4 Å². The van der Waals surface area contributed by atoms with Crippen LogP contribution in [0.5, 0.6) is 0 Å². The lowest BCUT2D eigenvalue weighted by molar-refractivity contribution is 1.28. The maximum absolute atomic E-state index is 2.84. The third-order valence-electron chi connectivity index (χ3n) is 12.2. The predicted octanol–water partition coefficient (Wildman–Crippen LogP) is 26.1. The lowest BCUT2D eigenvalue weighted by Crippen LogP contribution is -1.89. The number of rotatable bonds is 12. The first-order valence-corrected chi connectivity index (χ1v) is 38.8. The summed E-state index contributed by atoms with van der Waals surface area (Å²) >= 11 is 0. The maximum Gasteiger partial charge on any atom is -0.0125 e. The molecule has 0 aliphatic heterocycles. The van der Waals surface area contributed by atoms with Crippen LogP contribution >= 0.6 is 83.2 Å². The highest BCUT2D eigenvalue weighted by Crippen LogP contribution is 2.32. The van der Waals surface area contributed by atoms with Gasteiger partial charge in [0.2, 0.25) is 0 Å². The summed E-state index contributed by atoms with van der Waals surface area (Å²) in [5.41, 5.74) is 20.3. The van der Waals surface area contributed by atoms with Gasteiger partial charge in [-0.3, -0.25) is 0 Å². The molecule has 0 amide bonds. The summed E-state index contributed by atoms with van der Waals surface area (Å²) < 4.78 is 0. The number of hydrogen-bond donors (Lipinski definition) is 0. The van der Waals surface area contributed by atoms with Gasteiger partial charge in [-0.15, -0.1) is 83.2 Å². The average molecular weight is 1300 g/mol. The molecule has 0 fully saturated rings. The zero-order valence-electron chi connectivity index (χ0n) is 55.6. The van der Waals surface area contributed by atoms with Gasteiger partial charge in [-0.2, -0.15) is 0 Å². The molecule has 9 aromatic rings. The monoisotopic (exact) mass is 1300 g/mol. The van der Waals surface area contributed by atoms with Crippen molar-refractivity contribution in [2.75, 3.05) is 0 Å². The molecule has 0 aliphatic carbocycles. The van der Waals surface area contributed by atoms with Crippen LogP contribution in [-0.4, -0.2) is 0 Å². The van der Waals surface area contributed by atoms with Gasteiger partial charge in [0.05, 0.1) is 0 Å². The van der Waals surface area contributed by atoms with E-state index in [1.807, 2.05) is 125 Å². The van der Waals surface area contributed by atoms with Crippen LogP contribution in [0.25, 0.3) is 65.7 Å². The average Bonchev–Trinajstić information content (AvgIpc) is 3.77. The summed E-state index contributed by atoms with van der Waals surface area (Å²) in [7, 11) is 25.3. The lowest BCUT2D eigenvalue weighted by atomic mass is 9.97. The van der Waals surface area contributed by atoms with E-state index < -0.39 is 0 Å². The van der Waals surface area contributed by atoms with Gasteiger partial charge in [-0.1, -0.05) is 270 Å². The summed E-state index contributed by atoms with van der Waals surface area (Å²) in [6.45, 7) is 36.0. The molecular formula is C75H117P9. The Balaban J connectivity index is -0.00000103. The van der Waals surface area contributed by atoms with Crippen molar-refractivity contribution in [3.05, 3.63) is 214 Å². The number of hydrogen-bond acceptors (Lipinski definition) is 0. The van der Waals surface area contributed by atoms with Crippen LogP contribution in [0, 0.1) is 0 Å². The second-order valence-electron chi connectivity index (χ2n) is 16.5. The first-order valence-electron chi connectivity index (χ1n) is 31.5. The van der Waals surface area contributed by atoms with Crippen molar-refractivity contribution in [1.29, 1.82) is 0 Å². The molecule has 0 saturated heterocycles. The Kier molecular flexibility index (Phi) is 56.0. The zero-order chi connectivity index (χ0) is 64.6. The summed E-state index contributed by atoms with van der Waals surface area (Å²) in [6, 6.07) is 61.0. The van der Waals surface area contributed by atoms with Crippen LogP contribution in [-0.2, 0) is 55.5 Å². The van der Waals surface area contributed by atoms with Crippen LogP contribution < -0.4 is 0 Å². The van der Waals surface area contributed by atoms with Crippen molar-refractivity contribution in [1.82, 2.24) is 0 Å². The van der Waals surface area contributed by atoms with Crippen LogP contribution in [0.2, 0.25) is 0 Å². The van der Waals surface area contributed by atoms with Crippen molar-refractivity contribution in [3.63, 3.8) is 0 Å². The summed E-state index contributed by atoms with van der Waals surface area (Å²) in [6.07, 6.45) is 9.04. The molecule has 9 aromatic carbocycles. The Morgan fingerprint density at radius 3 is 0.631 bits per heavy atom. The van der Waals surface area contributed by atoms with Crippen LogP contribution in [0.15, 0.2) is 164 Å². The van der Waals surface area contributed by atoms with E-state index in [-0.39, 0.29) is 0 Å². The molecule has 0 bridgehead atoms. The summed E-state index contributed by atoms with van der Waals surface area (Å²) in [5, 5.41) is 7.87. The highest BCUT2D eigenvalue weighted by atomic mass is 31.0. The van der Waals surface area contributed by atoms with Crippen molar-refractivity contribution in [2.24, 2.45) is 0 Å². The number of benzene rings is 9. The Labute approximate surface area is 539 Å². The molecule has 0 aliphatic rings. The Morgan fingerprint density at radius 2 is 0.381 bits per heavy atom. The Morgan fingerprint density at radius 1 is 0.167 bits per heavy atom. The van der Waals surface area contributed by atoms with E-state index in [0.29, 0.717) is 0 Å². The SMILES string of the molecule is CC.CC.CC.CC.CC.CC.CC.CC.CC.PCc1cc(CP)cc(-c2ccc3cc(CP)ccc3c2)c1.PCc1ccc2cc(-c3ccc(CP)c(CP)c3)ccc2c1.PCc1ccc2cc(-c3ccc(CP)c(CP)c3)ccc2c1. The second kappa shape index (κ2) is 54.8. The fraction of sp³-hybridized carbons (Fsp3) is 0.360. The molecule has 84 heavy (non-hydrogen) atoms. The van der Waals surface area contributed by atoms with Crippen molar-refractivity contribution in [2.45, 2.75) is 180 Å². The number of fused-ring (bicyclic) bond motifs is 3. The lowest BCUT2D eigenvalue weighted by Gasteiger charge is -2.10. The normalized spacial score (nSPS) is 9.32. The minimum Gasteiger partial charge on any atom is -0.133 e. The second-order valence-corrected chi connectivity index (χ2v) is 20.2. The molecule has 0 N–H and O–H groups in total. The van der Waals surface area contributed by atoms with E-state index >= 15 is 0 Å². The molecule has 0 saturated carbocycles. The summed E-state index contributed by atoms with van der Waals surface area (Å²) in [4.78, 5) is 0. The van der Waals surface area contributed by atoms with E-state index in [0.717, 1.165) is 55.5 Å². The van der Waals surface area contributed by atoms with Crippen LogP contribution in [0.4, 0.5) is 0 Å². The first-order chi connectivity index (χ1) is 41.2. The van der Waals surface area contributed by atoms with Crippen LogP contribution in [0.3, 0.4) is 0 Å². The topological polar surface area (TPSA) is 0 Å². The quantitative estimate of drug-likeness (QED) is 0.107. The molecular weight excluding hydrogens is 1180 g/mol. The van der Waals surface area contributed by atoms with E-state index in [1.165, 1.54) is 116 Å². The first kappa shape index (κ1) is 85.8. The minimum absolute atomic E-state index is 0.997. The molecule has 9 unspecified atom stereocenters. The molecule has 462 valence electrons. The molecule has 9 atom stereocenters. The molecule has 9 heteroatoms. The molecule has 0 nitrogen and oxygen atoms in total. The van der Waals surface area contributed by atoms with Crippen molar-refractivity contribution < 1.29 is 0 Å². The summed E-state index contributed by atoms with van der Waals surface area (Å²) in [5.74, 6) is 0. The van der Waals surface area contributed by atoms with Gasteiger partial charge < -0.3 is 0 Å². The highest BCUT2D eigenvalue weighted by Gasteiger charge is 2.08. The van der Waals surface area contributed by atoms with E-state index in [1.54, 1.807) is 0 Å². The van der Waals surface area contributed by atoms with Gasteiger partial charge in [0, 0.05) is 0 Å². The Hall–Kier alpha value is -2.37. The van der Waals surface area contributed by atoms with Gasteiger partial charge in [-0.25, -0.2) is 0 Å². The van der Waals surface area contributed by atoms with E-state index in [2.05, 4.69) is 247 Å². The molecule has 9 rings (SSSR count). The zero-order valence-corrected chi connectivity index (χ0v) is 66.0. The minimum atomic E-state index is 0.997. The molecule has 0 aromatic heterocycles. The van der Waals surface area contributed by atoms with Crippen LogP contribution in [0.1, 0.15) is 175 Å². The molecule has 0 heterocycles. The van der Waals surface area contributed by atoms with E-state index in [4.69, 9.17) is 0 Å².